The molecule has 1 aromatic carbocycles. The molecule has 0 spiro atoms. The van der Waals surface area contributed by atoms with Gasteiger partial charge in [0.15, 0.2) is 11.5 Å². The lowest BCUT2D eigenvalue weighted by Crippen LogP contribution is -2.30. The summed E-state index contributed by atoms with van der Waals surface area (Å²) in [5.41, 5.74) is 0.759. The number of ether oxygens (including phenoxy) is 2. The van der Waals surface area contributed by atoms with Crippen LogP contribution in [0.3, 0.4) is 0 Å². The quantitative estimate of drug-likeness (QED) is 0.205. The van der Waals surface area contributed by atoms with Crippen molar-refractivity contribution >= 4 is 24.5 Å². The highest BCUT2D eigenvalue weighted by Crippen LogP contribution is 2.26. The molecule has 0 bridgehead atoms. The van der Waals surface area contributed by atoms with E-state index in [4.69, 9.17) is 4.74 Å². The summed E-state index contributed by atoms with van der Waals surface area (Å²) < 4.78 is 9.65. The molecule has 0 saturated carbocycles. The van der Waals surface area contributed by atoms with Crippen molar-refractivity contribution in [3.8, 4) is 11.5 Å². The predicted octanol–water partition coefficient (Wildman–Crippen LogP) is 1.32. The molecule has 0 unspecified atom stereocenters. The van der Waals surface area contributed by atoms with Crippen molar-refractivity contribution in [3.05, 3.63) is 35.4 Å². The first-order chi connectivity index (χ1) is 12.9. The topological polar surface area (TPSA) is 127 Å². The second-order valence-corrected chi connectivity index (χ2v) is 5.70. The van der Waals surface area contributed by atoms with Crippen molar-refractivity contribution in [2.24, 2.45) is 11.8 Å². The molecule has 8 nitrogen and oxygen atoms in total. The van der Waals surface area contributed by atoms with E-state index in [1.54, 1.807) is 13.0 Å². The maximum absolute atomic E-state index is 12.1. The summed E-state index contributed by atoms with van der Waals surface area (Å²) in [6.45, 7) is 1.53. The number of hydrogen-bond donors (Lipinski definition) is 2. The number of allylic oxidation sites excluding steroid dienone is 2. The Hall–Kier alpha value is -3.16. The number of rotatable bonds is 10. The van der Waals surface area contributed by atoms with Gasteiger partial charge in [-0.1, -0.05) is 12.1 Å². The van der Waals surface area contributed by atoms with Crippen molar-refractivity contribution < 1.29 is 38.9 Å². The lowest BCUT2D eigenvalue weighted by Gasteiger charge is -2.20. The minimum atomic E-state index is -1.30. The summed E-state index contributed by atoms with van der Waals surface area (Å²) in [6.07, 6.45) is 2.18. The second-order valence-electron chi connectivity index (χ2n) is 5.70. The van der Waals surface area contributed by atoms with E-state index < -0.39 is 23.8 Å². The summed E-state index contributed by atoms with van der Waals surface area (Å²) in [4.78, 5) is 46.4. The molecule has 0 aliphatic carbocycles. The molecule has 2 atom stereocenters. The van der Waals surface area contributed by atoms with Crippen LogP contribution in [0.4, 0.5) is 0 Å². The smallest absolute Gasteiger partial charge is 0.316 e. The largest absolute Gasteiger partial charge is 0.504 e. The summed E-state index contributed by atoms with van der Waals surface area (Å²) in [5, 5.41) is 18.7. The Labute approximate surface area is 156 Å². The van der Waals surface area contributed by atoms with E-state index in [0.29, 0.717) is 18.1 Å². The number of phenols is 2. The zero-order valence-electron chi connectivity index (χ0n) is 15.1. The SMILES string of the molecule is CC=C(C=O)[C@H](CC(=O)OCCc1ccc(O)c(O)c1)[C@@H](C=O)C(=O)OC. The van der Waals surface area contributed by atoms with Crippen LogP contribution >= 0.6 is 0 Å². The van der Waals surface area contributed by atoms with Gasteiger partial charge in [0.25, 0.3) is 0 Å². The van der Waals surface area contributed by atoms with E-state index in [-0.39, 0.29) is 36.5 Å². The van der Waals surface area contributed by atoms with E-state index in [1.807, 2.05) is 0 Å². The van der Waals surface area contributed by atoms with Crippen LogP contribution in [0.5, 0.6) is 11.5 Å². The average molecular weight is 378 g/mol. The number of methoxy groups -OCH3 is 1. The molecule has 27 heavy (non-hydrogen) atoms. The average Bonchev–Trinajstić information content (AvgIpc) is 2.65. The lowest BCUT2D eigenvalue weighted by atomic mass is 9.84. The van der Waals surface area contributed by atoms with Crippen molar-refractivity contribution in [1.29, 1.82) is 0 Å². The number of aldehydes is 2. The molecular formula is C19H22O8. The Kier molecular flexibility index (Phi) is 8.71. The highest BCUT2D eigenvalue weighted by molar-refractivity contribution is 5.91. The molecule has 0 aliphatic heterocycles. The Bertz CT molecular complexity index is 722. The predicted molar refractivity (Wildman–Crippen MR) is 93.9 cm³/mol. The first kappa shape index (κ1) is 21.9. The zero-order valence-corrected chi connectivity index (χ0v) is 15.1. The Morgan fingerprint density at radius 1 is 1.19 bits per heavy atom. The van der Waals surface area contributed by atoms with Crippen LogP contribution in [0.15, 0.2) is 29.8 Å². The van der Waals surface area contributed by atoms with Gasteiger partial charge in [0.1, 0.15) is 18.5 Å². The van der Waals surface area contributed by atoms with Crippen molar-refractivity contribution in [2.45, 2.75) is 19.8 Å². The molecule has 8 heteroatoms. The van der Waals surface area contributed by atoms with Gasteiger partial charge in [-0.3, -0.25) is 14.4 Å². The Morgan fingerprint density at radius 2 is 1.89 bits per heavy atom. The monoisotopic (exact) mass is 378 g/mol. The van der Waals surface area contributed by atoms with Gasteiger partial charge in [-0.15, -0.1) is 0 Å². The van der Waals surface area contributed by atoms with Crippen LogP contribution in [-0.4, -0.2) is 48.4 Å². The first-order valence-corrected chi connectivity index (χ1v) is 8.18. The van der Waals surface area contributed by atoms with Gasteiger partial charge in [-0.25, -0.2) is 0 Å². The number of benzene rings is 1. The number of carbonyl (C=O) groups excluding carboxylic acids is 4. The summed E-state index contributed by atoms with van der Waals surface area (Å²) in [5.74, 6) is -4.36. The molecule has 0 fully saturated rings. The minimum Gasteiger partial charge on any atom is -0.504 e. The molecule has 1 aromatic rings. The van der Waals surface area contributed by atoms with Crippen molar-refractivity contribution in [2.75, 3.05) is 13.7 Å². The summed E-state index contributed by atoms with van der Waals surface area (Å²) in [6, 6.07) is 4.22. The van der Waals surface area contributed by atoms with Crippen LogP contribution in [0.25, 0.3) is 0 Å². The van der Waals surface area contributed by atoms with Crippen molar-refractivity contribution in [3.63, 3.8) is 0 Å². The third kappa shape index (κ3) is 6.25. The van der Waals surface area contributed by atoms with Crippen LogP contribution in [-0.2, 0) is 35.1 Å². The fourth-order valence-corrected chi connectivity index (χ4v) is 2.52. The van der Waals surface area contributed by atoms with Crippen LogP contribution in [0, 0.1) is 11.8 Å². The number of phenolic OH excluding ortho intramolecular Hbond substituents is 2. The Balaban J connectivity index is 2.75. The Morgan fingerprint density at radius 3 is 2.41 bits per heavy atom. The van der Waals surface area contributed by atoms with Crippen LogP contribution in [0.1, 0.15) is 18.9 Å². The summed E-state index contributed by atoms with van der Waals surface area (Å²) >= 11 is 0. The number of aromatic hydroxyl groups is 2. The fourth-order valence-electron chi connectivity index (χ4n) is 2.52. The third-order valence-electron chi connectivity index (χ3n) is 4.03. The van der Waals surface area contributed by atoms with Gasteiger partial charge in [0.05, 0.1) is 20.1 Å². The minimum absolute atomic E-state index is 0.0218. The maximum Gasteiger partial charge on any atom is 0.316 e. The molecule has 0 aromatic heterocycles. The molecule has 0 saturated heterocycles. The van der Waals surface area contributed by atoms with Crippen molar-refractivity contribution in [1.82, 2.24) is 0 Å². The molecule has 146 valence electrons. The van der Waals surface area contributed by atoms with Gasteiger partial charge in [0, 0.05) is 12.3 Å². The number of hydrogen-bond acceptors (Lipinski definition) is 8. The molecule has 1 rings (SSSR count). The zero-order chi connectivity index (χ0) is 20.4. The molecular weight excluding hydrogens is 356 g/mol. The van der Waals surface area contributed by atoms with Gasteiger partial charge in [-0.05, 0) is 30.2 Å². The first-order valence-electron chi connectivity index (χ1n) is 8.18. The number of esters is 2. The second kappa shape index (κ2) is 10.7. The number of carbonyl (C=O) groups is 4. The van der Waals surface area contributed by atoms with E-state index in [9.17, 15) is 29.4 Å². The van der Waals surface area contributed by atoms with Crippen LogP contribution in [0.2, 0.25) is 0 Å². The van der Waals surface area contributed by atoms with E-state index in [2.05, 4.69) is 4.74 Å². The van der Waals surface area contributed by atoms with E-state index in [0.717, 1.165) is 7.11 Å². The van der Waals surface area contributed by atoms with Gasteiger partial charge < -0.3 is 24.5 Å². The lowest BCUT2D eigenvalue weighted by molar-refractivity contribution is -0.150. The molecule has 0 aliphatic rings. The molecule has 0 radical (unpaired) electrons. The highest BCUT2D eigenvalue weighted by atomic mass is 16.5. The van der Waals surface area contributed by atoms with E-state index >= 15 is 0 Å². The van der Waals surface area contributed by atoms with E-state index in [1.165, 1.54) is 18.2 Å². The molecule has 2 N–H and O–H groups in total. The highest BCUT2D eigenvalue weighted by Gasteiger charge is 2.33. The van der Waals surface area contributed by atoms with Gasteiger partial charge in [-0.2, -0.15) is 0 Å². The van der Waals surface area contributed by atoms with Crippen LogP contribution < -0.4 is 0 Å². The van der Waals surface area contributed by atoms with Gasteiger partial charge >= 0.3 is 11.9 Å². The molecule has 0 heterocycles. The standard InChI is InChI=1S/C19H22O8/c1-3-13(10-20)14(15(11-21)19(25)26-2)9-18(24)27-7-6-12-4-5-16(22)17(23)8-12/h3-5,8,10-11,14-15,22-23H,6-7,9H2,1-2H3/t14-,15+/m0/s1. The maximum atomic E-state index is 12.1. The van der Waals surface area contributed by atoms with Gasteiger partial charge in [0.2, 0.25) is 0 Å². The molecule has 0 amide bonds. The summed E-state index contributed by atoms with van der Waals surface area (Å²) in [7, 11) is 1.11. The normalized spacial score (nSPS) is 13.3. The third-order valence-corrected chi connectivity index (χ3v) is 4.03. The fraction of sp³-hybridized carbons (Fsp3) is 0.368.